The average Bonchev–Trinajstić information content (AvgIpc) is 2.29. The first-order chi connectivity index (χ1) is 7.38. The van der Waals surface area contributed by atoms with Gasteiger partial charge < -0.3 is 0 Å². The van der Waals surface area contributed by atoms with Crippen LogP contribution in [-0.2, 0) is 4.84 Å². The molecule has 0 spiro atoms. The van der Waals surface area contributed by atoms with Gasteiger partial charge in [-0.15, -0.1) is 0 Å². The molecule has 0 saturated carbocycles. The summed E-state index contributed by atoms with van der Waals surface area (Å²) in [5.74, 6) is 0. The third-order valence-electron chi connectivity index (χ3n) is 1.88. The van der Waals surface area contributed by atoms with Crippen molar-refractivity contribution in [1.82, 2.24) is 5.43 Å². The predicted octanol–water partition coefficient (Wildman–Crippen LogP) is 2.69. The minimum atomic E-state index is 0.682. The molecule has 0 amide bonds. The Morgan fingerprint density at radius 3 is 2.73 bits per heavy atom. The Hall–Kier alpha value is -1.13. The normalized spacial score (nSPS) is 9.67. The molecule has 0 atom stereocenters. The molecule has 1 aromatic carbocycles. The van der Waals surface area contributed by atoms with Gasteiger partial charge in [-0.3, -0.25) is 10.3 Å². The molecule has 1 rings (SSSR count). The lowest BCUT2D eigenvalue weighted by atomic mass is 10.3. The molecule has 4 heteroatoms. The van der Waals surface area contributed by atoms with E-state index in [1.807, 2.05) is 30.3 Å². The van der Waals surface area contributed by atoms with E-state index in [-0.39, 0.29) is 0 Å². The molecule has 15 heavy (non-hydrogen) atoms. The lowest BCUT2D eigenvalue weighted by Crippen LogP contribution is -2.36. The number of para-hydroxylation sites is 1. The third kappa shape index (κ3) is 4.27. The van der Waals surface area contributed by atoms with Crippen molar-refractivity contribution in [3.63, 3.8) is 0 Å². The molecule has 0 aromatic heterocycles. The van der Waals surface area contributed by atoms with Crippen LogP contribution >= 0.6 is 12.2 Å². The molecule has 0 saturated heterocycles. The first-order valence-electron chi connectivity index (χ1n) is 5.06. The van der Waals surface area contributed by atoms with Gasteiger partial charge in [0.2, 0.25) is 0 Å². The van der Waals surface area contributed by atoms with Crippen molar-refractivity contribution in [2.45, 2.75) is 19.8 Å². The minimum Gasteiger partial charge on any atom is -0.271 e. The standard InChI is InChI=1S/C11H16N2OS/c1-2-3-9-14-13(12-10-15)11-7-5-4-6-8-11/h4-8,10H,2-3,9H2,1H3,(H,12,15). The van der Waals surface area contributed by atoms with E-state index < -0.39 is 0 Å². The van der Waals surface area contributed by atoms with Gasteiger partial charge in [-0.1, -0.05) is 43.8 Å². The highest BCUT2D eigenvalue weighted by molar-refractivity contribution is 7.78. The van der Waals surface area contributed by atoms with Crippen LogP contribution in [-0.4, -0.2) is 12.1 Å². The lowest BCUT2D eigenvalue weighted by Gasteiger charge is -2.22. The fraction of sp³-hybridized carbons (Fsp3) is 0.364. The van der Waals surface area contributed by atoms with Gasteiger partial charge in [0.25, 0.3) is 0 Å². The summed E-state index contributed by atoms with van der Waals surface area (Å²) in [6.07, 6.45) is 2.14. The van der Waals surface area contributed by atoms with Gasteiger partial charge in [0.1, 0.15) is 0 Å². The Kier molecular flexibility index (Phi) is 5.73. The Balaban J connectivity index is 2.53. The van der Waals surface area contributed by atoms with E-state index in [9.17, 15) is 0 Å². The lowest BCUT2D eigenvalue weighted by molar-refractivity contribution is 0.0939. The van der Waals surface area contributed by atoms with Gasteiger partial charge >= 0.3 is 0 Å². The maximum Gasteiger partial charge on any atom is 0.0878 e. The van der Waals surface area contributed by atoms with Crippen LogP contribution in [0.4, 0.5) is 5.69 Å². The first-order valence-corrected chi connectivity index (χ1v) is 5.53. The Bertz CT molecular complexity index is 279. The molecule has 0 fully saturated rings. The van der Waals surface area contributed by atoms with Crippen LogP contribution in [0.15, 0.2) is 30.3 Å². The fourth-order valence-corrected chi connectivity index (χ4v) is 1.19. The third-order valence-corrected chi connectivity index (χ3v) is 1.98. The van der Waals surface area contributed by atoms with Crippen molar-refractivity contribution in [3.05, 3.63) is 30.3 Å². The second-order valence-corrected chi connectivity index (χ2v) is 3.30. The number of nitrogens with zero attached hydrogens (tertiary/aromatic N) is 1. The highest BCUT2D eigenvalue weighted by atomic mass is 32.1. The molecule has 0 unspecified atom stereocenters. The number of hydrogen-bond acceptors (Lipinski definition) is 3. The first kappa shape index (κ1) is 11.9. The van der Waals surface area contributed by atoms with Gasteiger partial charge in [0.15, 0.2) is 0 Å². The van der Waals surface area contributed by atoms with Gasteiger partial charge in [0, 0.05) is 0 Å². The number of rotatable bonds is 7. The molecule has 0 aliphatic carbocycles. The average molecular weight is 224 g/mol. The number of unbranched alkanes of at least 4 members (excludes halogenated alkanes) is 1. The molecule has 0 bridgehead atoms. The summed E-state index contributed by atoms with van der Waals surface area (Å²) in [5.41, 5.74) is 5.23. The molecule has 82 valence electrons. The number of anilines is 1. The van der Waals surface area contributed by atoms with Crippen molar-refractivity contribution < 1.29 is 4.84 Å². The topological polar surface area (TPSA) is 24.5 Å². The smallest absolute Gasteiger partial charge is 0.0878 e. The zero-order chi connectivity index (χ0) is 10.9. The summed E-state index contributed by atoms with van der Waals surface area (Å²) in [4.78, 5) is 5.53. The van der Waals surface area contributed by atoms with E-state index in [4.69, 9.17) is 17.1 Å². The molecule has 1 N–H and O–H groups in total. The number of nitrogens with one attached hydrogen (secondary N) is 1. The Labute approximate surface area is 96.0 Å². The van der Waals surface area contributed by atoms with E-state index >= 15 is 0 Å². The molecule has 0 aliphatic heterocycles. The van der Waals surface area contributed by atoms with Gasteiger partial charge in [-0.25, -0.2) is 0 Å². The van der Waals surface area contributed by atoms with E-state index in [0.29, 0.717) is 6.61 Å². The quantitative estimate of drug-likeness (QED) is 0.437. The van der Waals surface area contributed by atoms with Crippen molar-refractivity contribution in [1.29, 1.82) is 0 Å². The molecule has 0 radical (unpaired) electrons. The summed E-state index contributed by atoms with van der Waals surface area (Å²) in [6.45, 7) is 2.81. The minimum absolute atomic E-state index is 0.682. The zero-order valence-corrected chi connectivity index (χ0v) is 9.67. The van der Waals surface area contributed by atoms with E-state index in [1.54, 1.807) is 5.17 Å². The molecular formula is C11H16N2OS. The van der Waals surface area contributed by atoms with Crippen LogP contribution in [0, 0.1) is 0 Å². The van der Waals surface area contributed by atoms with Crippen LogP contribution in [0.3, 0.4) is 0 Å². The Morgan fingerprint density at radius 2 is 2.13 bits per heavy atom. The molecule has 0 heterocycles. The highest BCUT2D eigenvalue weighted by Gasteiger charge is 2.03. The van der Waals surface area contributed by atoms with Gasteiger partial charge in [0.05, 0.1) is 17.8 Å². The molecular weight excluding hydrogens is 208 g/mol. The van der Waals surface area contributed by atoms with E-state index in [1.165, 1.54) is 5.49 Å². The monoisotopic (exact) mass is 224 g/mol. The maximum absolute atomic E-state index is 5.53. The predicted molar refractivity (Wildman–Crippen MR) is 66.6 cm³/mol. The maximum atomic E-state index is 5.53. The van der Waals surface area contributed by atoms with Crippen LogP contribution < -0.4 is 10.6 Å². The number of thiocarbonyl (C=S) groups is 1. The summed E-state index contributed by atoms with van der Waals surface area (Å²) in [6, 6.07) is 9.79. The SMILES string of the molecule is CCCCON(NC=S)c1ccccc1. The largest absolute Gasteiger partial charge is 0.271 e. The molecule has 3 nitrogen and oxygen atoms in total. The summed E-state index contributed by atoms with van der Waals surface area (Å²) >= 11 is 4.75. The van der Waals surface area contributed by atoms with Crippen molar-refractivity contribution in [2.24, 2.45) is 0 Å². The van der Waals surface area contributed by atoms with Gasteiger partial charge in [-0.05, 0) is 18.6 Å². The van der Waals surface area contributed by atoms with Gasteiger partial charge in [-0.2, -0.15) is 5.17 Å². The summed E-state index contributed by atoms with van der Waals surface area (Å²) in [7, 11) is 0. The molecule has 0 aliphatic rings. The second kappa shape index (κ2) is 7.20. The van der Waals surface area contributed by atoms with Crippen LogP contribution in [0.25, 0.3) is 0 Å². The highest BCUT2D eigenvalue weighted by Crippen LogP contribution is 2.11. The van der Waals surface area contributed by atoms with E-state index in [0.717, 1.165) is 18.5 Å². The van der Waals surface area contributed by atoms with E-state index in [2.05, 4.69) is 12.3 Å². The number of benzene rings is 1. The second-order valence-electron chi connectivity index (χ2n) is 3.06. The zero-order valence-electron chi connectivity index (χ0n) is 8.85. The number of hydrogen-bond donors (Lipinski definition) is 1. The number of hydrazine groups is 1. The van der Waals surface area contributed by atoms with Crippen LogP contribution in [0.5, 0.6) is 0 Å². The summed E-state index contributed by atoms with van der Waals surface area (Å²) in [5, 5.41) is 1.59. The van der Waals surface area contributed by atoms with Crippen LogP contribution in [0.1, 0.15) is 19.8 Å². The van der Waals surface area contributed by atoms with Crippen molar-refractivity contribution >= 4 is 23.4 Å². The van der Waals surface area contributed by atoms with Crippen LogP contribution in [0.2, 0.25) is 0 Å². The van der Waals surface area contributed by atoms with Crippen molar-refractivity contribution in [2.75, 3.05) is 11.8 Å². The fourth-order valence-electron chi connectivity index (χ4n) is 1.10. The van der Waals surface area contributed by atoms with Crippen molar-refractivity contribution in [3.8, 4) is 0 Å². The summed E-state index contributed by atoms with van der Waals surface area (Å²) < 4.78 is 0. The molecule has 1 aromatic rings. The Morgan fingerprint density at radius 1 is 1.40 bits per heavy atom.